The lowest BCUT2D eigenvalue weighted by Gasteiger charge is -2.34. The molecule has 0 aromatic heterocycles. The van der Waals surface area contributed by atoms with E-state index in [1.165, 1.54) is 19.6 Å². The fourth-order valence-corrected chi connectivity index (χ4v) is 2.23. The van der Waals surface area contributed by atoms with E-state index >= 15 is 0 Å². The summed E-state index contributed by atoms with van der Waals surface area (Å²) in [7, 11) is 1.53. The second kappa shape index (κ2) is 4.94. The SMILES string of the molecule is COc1cc(O)ccc1[C@@H](N)[C@@H](O)C1CCC1. The summed E-state index contributed by atoms with van der Waals surface area (Å²) in [5.74, 6) is 0.954. The number of rotatable bonds is 4. The first-order valence-corrected chi connectivity index (χ1v) is 5.94. The van der Waals surface area contributed by atoms with Crippen LogP contribution in [-0.2, 0) is 0 Å². The topological polar surface area (TPSA) is 75.7 Å². The maximum Gasteiger partial charge on any atom is 0.127 e. The van der Waals surface area contributed by atoms with Crippen LogP contribution in [0.4, 0.5) is 0 Å². The number of hydrogen-bond donors (Lipinski definition) is 3. The number of methoxy groups -OCH3 is 1. The Bertz CT molecular complexity index is 390. The number of nitrogens with two attached hydrogens (primary N) is 1. The molecule has 1 fully saturated rings. The van der Waals surface area contributed by atoms with E-state index in [1.807, 2.05) is 0 Å². The molecule has 0 heterocycles. The van der Waals surface area contributed by atoms with E-state index in [1.54, 1.807) is 12.1 Å². The van der Waals surface area contributed by atoms with Crippen molar-refractivity contribution in [1.29, 1.82) is 0 Å². The lowest BCUT2D eigenvalue weighted by Crippen LogP contribution is -2.36. The number of aliphatic hydroxyl groups excluding tert-OH is 1. The molecule has 2 atom stereocenters. The monoisotopic (exact) mass is 237 g/mol. The number of hydrogen-bond acceptors (Lipinski definition) is 4. The highest BCUT2D eigenvalue weighted by Crippen LogP contribution is 2.37. The molecule has 0 unspecified atom stereocenters. The molecular weight excluding hydrogens is 218 g/mol. The molecule has 1 aliphatic rings. The van der Waals surface area contributed by atoms with Gasteiger partial charge in [0.2, 0.25) is 0 Å². The molecule has 4 nitrogen and oxygen atoms in total. The lowest BCUT2D eigenvalue weighted by atomic mass is 9.77. The highest BCUT2D eigenvalue weighted by Gasteiger charge is 2.31. The quantitative estimate of drug-likeness (QED) is 0.743. The first-order valence-electron chi connectivity index (χ1n) is 5.94. The van der Waals surface area contributed by atoms with Crippen LogP contribution in [0.25, 0.3) is 0 Å². The maximum absolute atomic E-state index is 10.1. The summed E-state index contributed by atoms with van der Waals surface area (Å²) < 4.78 is 5.18. The molecule has 0 aliphatic heterocycles. The van der Waals surface area contributed by atoms with E-state index in [0.717, 1.165) is 18.4 Å². The van der Waals surface area contributed by atoms with Crippen molar-refractivity contribution >= 4 is 0 Å². The van der Waals surface area contributed by atoms with Crippen LogP contribution >= 0.6 is 0 Å². The van der Waals surface area contributed by atoms with Crippen LogP contribution in [0.15, 0.2) is 18.2 Å². The Balaban J connectivity index is 2.19. The van der Waals surface area contributed by atoms with Crippen molar-refractivity contribution in [3.05, 3.63) is 23.8 Å². The van der Waals surface area contributed by atoms with Gasteiger partial charge in [0.15, 0.2) is 0 Å². The molecule has 1 aromatic rings. The summed E-state index contributed by atoms with van der Waals surface area (Å²) in [6, 6.07) is 4.32. The molecule has 94 valence electrons. The van der Waals surface area contributed by atoms with Crippen LogP contribution in [0.1, 0.15) is 30.9 Å². The number of phenolic OH excluding ortho intramolecular Hbond substituents is 1. The first kappa shape index (κ1) is 12.2. The number of phenols is 1. The summed E-state index contributed by atoms with van der Waals surface area (Å²) >= 11 is 0. The molecular formula is C13H19NO3. The Morgan fingerprint density at radius 2 is 2.12 bits per heavy atom. The standard InChI is InChI=1S/C13H19NO3/c1-17-11-7-9(15)5-6-10(11)12(14)13(16)8-3-2-4-8/h5-8,12-13,15-16H,2-4,14H2,1H3/t12-,13+/m1/s1. The number of aromatic hydroxyl groups is 1. The highest BCUT2D eigenvalue weighted by molar-refractivity contribution is 5.42. The van der Waals surface area contributed by atoms with Crippen LogP contribution in [0.2, 0.25) is 0 Å². The van der Waals surface area contributed by atoms with E-state index in [2.05, 4.69) is 0 Å². The van der Waals surface area contributed by atoms with Gasteiger partial charge in [-0.3, -0.25) is 0 Å². The second-order valence-electron chi connectivity index (χ2n) is 4.63. The minimum atomic E-state index is -0.540. The summed E-state index contributed by atoms with van der Waals surface area (Å²) in [5, 5.41) is 19.5. The fraction of sp³-hybridized carbons (Fsp3) is 0.538. The van der Waals surface area contributed by atoms with E-state index in [9.17, 15) is 10.2 Å². The predicted molar refractivity (Wildman–Crippen MR) is 64.9 cm³/mol. The van der Waals surface area contributed by atoms with Gasteiger partial charge in [-0.1, -0.05) is 6.42 Å². The summed E-state index contributed by atoms with van der Waals surface area (Å²) in [6.45, 7) is 0. The Morgan fingerprint density at radius 1 is 1.41 bits per heavy atom. The summed E-state index contributed by atoms with van der Waals surface area (Å²) in [5.41, 5.74) is 6.80. The van der Waals surface area contributed by atoms with Crippen LogP contribution in [0.3, 0.4) is 0 Å². The molecule has 2 rings (SSSR count). The average Bonchev–Trinajstić information content (AvgIpc) is 2.25. The number of ether oxygens (including phenoxy) is 1. The van der Waals surface area contributed by atoms with Gasteiger partial charge < -0.3 is 20.7 Å². The number of aliphatic hydroxyl groups is 1. The minimum Gasteiger partial charge on any atom is -0.508 e. The molecule has 17 heavy (non-hydrogen) atoms. The van der Waals surface area contributed by atoms with Crippen molar-refractivity contribution in [2.45, 2.75) is 31.4 Å². The highest BCUT2D eigenvalue weighted by atomic mass is 16.5. The van der Waals surface area contributed by atoms with Gasteiger partial charge >= 0.3 is 0 Å². The average molecular weight is 237 g/mol. The van der Waals surface area contributed by atoms with E-state index in [4.69, 9.17) is 10.5 Å². The molecule has 0 bridgehead atoms. The lowest BCUT2D eigenvalue weighted by molar-refractivity contribution is 0.0407. The van der Waals surface area contributed by atoms with Gasteiger partial charge in [0, 0.05) is 11.6 Å². The Hall–Kier alpha value is -1.26. The van der Waals surface area contributed by atoms with Gasteiger partial charge in [-0.05, 0) is 30.9 Å². The third kappa shape index (κ3) is 2.37. The van der Waals surface area contributed by atoms with Gasteiger partial charge in [0.05, 0.1) is 19.3 Å². The zero-order valence-electron chi connectivity index (χ0n) is 9.97. The molecule has 0 saturated heterocycles. The third-order valence-corrected chi connectivity index (χ3v) is 3.58. The van der Waals surface area contributed by atoms with Crippen molar-refractivity contribution in [2.24, 2.45) is 11.7 Å². The van der Waals surface area contributed by atoms with E-state index in [-0.39, 0.29) is 5.75 Å². The van der Waals surface area contributed by atoms with Crippen LogP contribution in [0, 0.1) is 5.92 Å². The molecule has 0 spiro atoms. The van der Waals surface area contributed by atoms with Gasteiger partial charge in [-0.2, -0.15) is 0 Å². The zero-order valence-corrected chi connectivity index (χ0v) is 9.97. The van der Waals surface area contributed by atoms with Crippen molar-refractivity contribution in [1.82, 2.24) is 0 Å². The van der Waals surface area contributed by atoms with Crippen LogP contribution < -0.4 is 10.5 Å². The fourth-order valence-electron chi connectivity index (χ4n) is 2.23. The largest absolute Gasteiger partial charge is 0.508 e. The van der Waals surface area contributed by atoms with Crippen LogP contribution in [-0.4, -0.2) is 23.4 Å². The minimum absolute atomic E-state index is 0.135. The Kier molecular flexibility index (Phi) is 3.54. The van der Waals surface area contributed by atoms with Crippen LogP contribution in [0.5, 0.6) is 11.5 Å². The van der Waals surface area contributed by atoms with Crippen molar-refractivity contribution in [3.8, 4) is 11.5 Å². The maximum atomic E-state index is 10.1. The van der Waals surface area contributed by atoms with Crippen molar-refractivity contribution < 1.29 is 14.9 Å². The molecule has 4 N–H and O–H groups in total. The second-order valence-corrected chi connectivity index (χ2v) is 4.63. The molecule has 1 saturated carbocycles. The smallest absolute Gasteiger partial charge is 0.127 e. The third-order valence-electron chi connectivity index (χ3n) is 3.58. The van der Waals surface area contributed by atoms with Crippen molar-refractivity contribution in [3.63, 3.8) is 0 Å². The molecule has 4 heteroatoms. The molecule has 1 aliphatic carbocycles. The normalized spacial score (nSPS) is 19.5. The zero-order chi connectivity index (χ0) is 12.4. The Labute approximate surface area is 101 Å². The molecule has 0 amide bonds. The van der Waals surface area contributed by atoms with Gasteiger partial charge in [-0.25, -0.2) is 0 Å². The van der Waals surface area contributed by atoms with E-state index < -0.39 is 12.1 Å². The summed E-state index contributed by atoms with van der Waals surface area (Å²) in [4.78, 5) is 0. The summed E-state index contributed by atoms with van der Waals surface area (Å²) in [6.07, 6.45) is 2.70. The first-order chi connectivity index (χ1) is 8.13. The van der Waals surface area contributed by atoms with Gasteiger partial charge in [0.25, 0.3) is 0 Å². The Morgan fingerprint density at radius 3 is 2.65 bits per heavy atom. The predicted octanol–water partition coefficient (Wildman–Crippen LogP) is 1.56. The van der Waals surface area contributed by atoms with Gasteiger partial charge in [-0.15, -0.1) is 0 Å². The molecule has 1 aromatic carbocycles. The number of benzene rings is 1. The molecule has 0 radical (unpaired) electrons. The van der Waals surface area contributed by atoms with Crippen molar-refractivity contribution in [2.75, 3.05) is 7.11 Å². The van der Waals surface area contributed by atoms with E-state index in [0.29, 0.717) is 11.7 Å². The van der Waals surface area contributed by atoms with Gasteiger partial charge in [0.1, 0.15) is 11.5 Å².